The van der Waals surface area contributed by atoms with E-state index in [9.17, 15) is 15.3 Å². The minimum atomic E-state index is -1.17. The van der Waals surface area contributed by atoms with Crippen molar-refractivity contribution in [2.45, 2.75) is 12.2 Å². The average Bonchev–Trinajstić information content (AvgIpc) is 2.91. The summed E-state index contributed by atoms with van der Waals surface area (Å²) in [5.74, 6) is 0.0125. The molecule has 6 aromatic carbocycles. The molecule has 0 N–H and O–H groups in total. The quantitative estimate of drug-likeness (QED) is 0.115. The summed E-state index contributed by atoms with van der Waals surface area (Å²) < 4.78 is 0. The monoisotopic (exact) mass is 519 g/mol. The van der Waals surface area contributed by atoms with Crippen LogP contribution in [0.25, 0.3) is 54.1 Å². The molecule has 1 aromatic heterocycles. The van der Waals surface area contributed by atoms with Gasteiger partial charge in [-0.3, -0.25) is 0 Å². The van der Waals surface area contributed by atoms with Crippen LogP contribution in [0, 0.1) is 0 Å². The van der Waals surface area contributed by atoms with Crippen molar-refractivity contribution in [2.75, 3.05) is 0 Å². The van der Waals surface area contributed by atoms with Gasteiger partial charge in [-0.2, -0.15) is 0 Å². The first-order chi connectivity index (χ1) is 17.1. The molecule has 7 aromatic rings. The van der Waals surface area contributed by atoms with Crippen LogP contribution < -0.4 is 104 Å². The first-order valence-corrected chi connectivity index (χ1v) is 11.7. The molecule has 1 heterocycles. The molecule has 1 aliphatic carbocycles. The van der Waals surface area contributed by atoms with Crippen LogP contribution in [-0.4, -0.2) is 4.98 Å². The summed E-state index contributed by atoms with van der Waals surface area (Å²) >= 11 is 0. The van der Waals surface area contributed by atoms with Crippen molar-refractivity contribution in [3.8, 4) is 5.75 Å². The first-order valence-electron chi connectivity index (χ1n) is 11.7. The molecule has 0 radical (unpaired) electrons. The minimum Gasteiger partial charge on any atom is -0.872 e. The third-order valence-electron chi connectivity index (χ3n) is 7.72. The first kappa shape index (κ1) is 28.3. The summed E-state index contributed by atoms with van der Waals surface area (Å²) in [5.41, 5.74) is 3.36. The second-order valence-corrected chi connectivity index (χ2v) is 9.38. The van der Waals surface area contributed by atoms with Crippen LogP contribution >= 0.6 is 0 Å². The van der Waals surface area contributed by atoms with Gasteiger partial charge in [0.15, 0.2) is 0 Å². The molecule has 38 heavy (non-hydrogen) atoms. The number of rotatable bonds is 0. The molecule has 0 bridgehead atoms. The van der Waals surface area contributed by atoms with Gasteiger partial charge in [0.05, 0.1) is 11.0 Å². The van der Waals surface area contributed by atoms with Crippen molar-refractivity contribution in [1.82, 2.24) is 4.98 Å². The number of fused-ring (bicyclic) bond motifs is 7. The maximum absolute atomic E-state index is 13.7. The Balaban J connectivity index is 0.000000980. The maximum atomic E-state index is 13.7. The molecular weight excluding hydrogens is 503 g/mol. The van der Waals surface area contributed by atoms with Gasteiger partial charge in [-0.15, -0.1) is 0 Å². The molecule has 8 rings (SSSR count). The van der Waals surface area contributed by atoms with Gasteiger partial charge >= 0.3 is 88.7 Å². The van der Waals surface area contributed by atoms with Crippen LogP contribution in [0.15, 0.2) is 84.9 Å². The standard InChI is InChI=1S/C31H17NO3.3Na/c33-29-19-6-2-1-5-15(19)16-13-14-24-26-17(9-11-22(29)25(16)26)18-10-12-23-27(28(18)32-24)31(35)21-8-4-3-7-20(21)30(23)34;;;/h1-14,30-31,33H;;;/q-2;3*+1/p-1. The van der Waals surface area contributed by atoms with Crippen molar-refractivity contribution in [1.29, 1.82) is 0 Å². The van der Waals surface area contributed by atoms with Crippen molar-refractivity contribution in [2.24, 2.45) is 0 Å². The fourth-order valence-corrected chi connectivity index (χ4v) is 6.17. The molecule has 0 amide bonds. The fraction of sp³-hybridized carbons (Fsp3) is 0.0645. The van der Waals surface area contributed by atoms with E-state index < -0.39 is 12.2 Å². The van der Waals surface area contributed by atoms with E-state index in [-0.39, 0.29) is 94.4 Å². The minimum absolute atomic E-state index is 0. The molecule has 0 spiro atoms. The van der Waals surface area contributed by atoms with Crippen LogP contribution in [-0.2, 0) is 0 Å². The fourth-order valence-electron chi connectivity index (χ4n) is 6.17. The van der Waals surface area contributed by atoms with E-state index in [0.717, 1.165) is 37.8 Å². The Labute approximate surface area is 284 Å². The predicted octanol–water partition coefficient (Wildman–Crippen LogP) is -4.42. The summed E-state index contributed by atoms with van der Waals surface area (Å²) in [6.45, 7) is 0. The maximum Gasteiger partial charge on any atom is 1.00 e. The number of aromatic nitrogens is 1. The Morgan fingerprint density at radius 3 is 1.84 bits per heavy atom. The SMILES string of the molecule is [Na+].[Na+].[Na+].[O-]c1c2ccccc2c2ccc3nc4c5c(ccc4c4ccc1c2c34)C([O-])c1ccccc1C5[O-]. The van der Waals surface area contributed by atoms with Crippen LogP contribution in [0.5, 0.6) is 5.75 Å². The van der Waals surface area contributed by atoms with Crippen LogP contribution in [0.1, 0.15) is 34.5 Å². The number of nitrogens with zero attached hydrogens (tertiary/aromatic N) is 1. The zero-order chi connectivity index (χ0) is 23.4. The van der Waals surface area contributed by atoms with Crippen molar-refractivity contribution in [3.63, 3.8) is 0 Å². The number of hydrogen-bond donors (Lipinski definition) is 0. The van der Waals surface area contributed by atoms with E-state index >= 15 is 0 Å². The van der Waals surface area contributed by atoms with Crippen molar-refractivity contribution in [3.05, 3.63) is 107 Å². The Bertz CT molecular complexity index is 2020. The average molecular weight is 519 g/mol. The smallest absolute Gasteiger partial charge is 0.872 e. The third-order valence-corrected chi connectivity index (χ3v) is 7.72. The second-order valence-electron chi connectivity index (χ2n) is 9.38. The van der Waals surface area contributed by atoms with Crippen LogP contribution in [0.2, 0.25) is 0 Å². The van der Waals surface area contributed by atoms with E-state index in [1.165, 1.54) is 0 Å². The largest absolute Gasteiger partial charge is 1.00 e. The summed E-state index contributed by atoms with van der Waals surface area (Å²) in [7, 11) is 0. The Hall–Kier alpha value is -1.25. The summed E-state index contributed by atoms with van der Waals surface area (Å²) in [6.07, 6.45) is -2.29. The van der Waals surface area contributed by atoms with Crippen LogP contribution in [0.4, 0.5) is 0 Å². The normalized spacial score (nSPS) is 16.2. The van der Waals surface area contributed by atoms with Crippen LogP contribution in [0.3, 0.4) is 0 Å². The second kappa shape index (κ2) is 10.3. The van der Waals surface area contributed by atoms with Gasteiger partial charge in [-0.25, -0.2) is 4.98 Å². The zero-order valence-corrected chi connectivity index (χ0v) is 27.4. The van der Waals surface area contributed by atoms with E-state index in [4.69, 9.17) is 4.98 Å². The molecular formula is C31H16NNa3O3. The predicted molar refractivity (Wildman–Crippen MR) is 133 cm³/mol. The van der Waals surface area contributed by atoms with Gasteiger partial charge in [0.2, 0.25) is 0 Å². The molecule has 7 heteroatoms. The van der Waals surface area contributed by atoms with Gasteiger partial charge in [0.1, 0.15) is 0 Å². The Morgan fingerprint density at radius 1 is 0.500 bits per heavy atom. The van der Waals surface area contributed by atoms with Gasteiger partial charge in [-0.05, 0) is 43.9 Å². The van der Waals surface area contributed by atoms with E-state index in [2.05, 4.69) is 0 Å². The topological polar surface area (TPSA) is 82.1 Å². The number of hydrogen-bond acceptors (Lipinski definition) is 4. The molecule has 0 saturated carbocycles. The van der Waals surface area contributed by atoms with Gasteiger partial charge in [0, 0.05) is 10.8 Å². The number of benzene rings is 6. The number of pyridine rings is 1. The Morgan fingerprint density at radius 2 is 1.08 bits per heavy atom. The summed E-state index contributed by atoms with van der Waals surface area (Å²) in [4.78, 5) is 4.97. The molecule has 0 aliphatic heterocycles. The molecule has 2 unspecified atom stereocenters. The van der Waals surface area contributed by atoms with E-state index in [1.54, 1.807) is 30.3 Å². The van der Waals surface area contributed by atoms with Crippen molar-refractivity contribution < 1.29 is 104 Å². The van der Waals surface area contributed by atoms with Gasteiger partial charge < -0.3 is 15.3 Å². The third kappa shape index (κ3) is 3.68. The van der Waals surface area contributed by atoms with E-state index in [0.29, 0.717) is 38.5 Å². The molecule has 166 valence electrons. The summed E-state index contributed by atoms with van der Waals surface area (Å²) in [5, 5.41) is 47.3. The molecule has 0 fully saturated rings. The van der Waals surface area contributed by atoms with Crippen molar-refractivity contribution >= 4 is 54.1 Å². The molecule has 1 aliphatic rings. The molecule has 0 saturated heterocycles. The van der Waals surface area contributed by atoms with Gasteiger partial charge in [0.25, 0.3) is 0 Å². The molecule has 2 atom stereocenters. The molecule has 4 nitrogen and oxygen atoms in total. The zero-order valence-electron chi connectivity index (χ0n) is 21.4. The summed E-state index contributed by atoms with van der Waals surface area (Å²) in [6, 6.07) is 26.3. The van der Waals surface area contributed by atoms with E-state index in [1.807, 2.05) is 54.6 Å². The van der Waals surface area contributed by atoms with Gasteiger partial charge in [-0.1, -0.05) is 114 Å². The Kier molecular flexibility index (Phi) is 7.66.